The van der Waals surface area contributed by atoms with Crippen LogP contribution in [-0.2, 0) is 6.54 Å². The summed E-state index contributed by atoms with van der Waals surface area (Å²) < 4.78 is 19.6. The van der Waals surface area contributed by atoms with E-state index in [4.69, 9.17) is 4.74 Å². The van der Waals surface area contributed by atoms with Crippen molar-refractivity contribution in [1.29, 1.82) is 0 Å². The van der Waals surface area contributed by atoms with Gasteiger partial charge in [0.05, 0.1) is 0 Å². The molecule has 0 saturated carbocycles. The van der Waals surface area contributed by atoms with Crippen molar-refractivity contribution in [1.82, 2.24) is 4.90 Å². The standard InChI is InChI=1S/C20H26FNO2/c1-15(2)22(12-17-9-5-6-10-19(17)21)13-18(23)14-24-20-11-7-4-8-16(20)3/h4-11,15,18,23H,12-14H2,1-3H3/t18-/m1/s1. The van der Waals surface area contributed by atoms with Crippen LogP contribution < -0.4 is 4.74 Å². The molecule has 0 aliphatic carbocycles. The van der Waals surface area contributed by atoms with Gasteiger partial charge in [0.15, 0.2) is 0 Å². The van der Waals surface area contributed by atoms with Gasteiger partial charge in [-0.3, -0.25) is 4.90 Å². The molecule has 0 unspecified atom stereocenters. The number of ether oxygens (including phenoxy) is 1. The molecule has 0 bridgehead atoms. The monoisotopic (exact) mass is 331 g/mol. The zero-order chi connectivity index (χ0) is 17.5. The van der Waals surface area contributed by atoms with Crippen LogP contribution in [0.25, 0.3) is 0 Å². The van der Waals surface area contributed by atoms with E-state index in [2.05, 4.69) is 0 Å². The molecule has 0 fully saturated rings. The molecule has 24 heavy (non-hydrogen) atoms. The van der Waals surface area contributed by atoms with Crippen molar-refractivity contribution in [3.05, 3.63) is 65.5 Å². The second kappa shape index (κ2) is 8.81. The van der Waals surface area contributed by atoms with Crippen LogP contribution >= 0.6 is 0 Å². The van der Waals surface area contributed by atoms with Crippen molar-refractivity contribution in [3.63, 3.8) is 0 Å². The summed E-state index contributed by atoms with van der Waals surface area (Å²) in [6.45, 7) is 7.15. The van der Waals surface area contributed by atoms with Crippen LogP contribution in [0.2, 0.25) is 0 Å². The van der Waals surface area contributed by atoms with Gasteiger partial charge in [0.2, 0.25) is 0 Å². The molecule has 0 aliphatic heterocycles. The Bertz CT molecular complexity index is 645. The molecule has 1 N–H and O–H groups in total. The van der Waals surface area contributed by atoms with Crippen LogP contribution in [0.5, 0.6) is 5.75 Å². The third kappa shape index (κ3) is 5.32. The fourth-order valence-corrected chi connectivity index (χ4v) is 2.53. The van der Waals surface area contributed by atoms with Crippen molar-refractivity contribution in [3.8, 4) is 5.75 Å². The molecule has 0 spiro atoms. The minimum Gasteiger partial charge on any atom is -0.491 e. The highest BCUT2D eigenvalue weighted by molar-refractivity contribution is 5.31. The molecule has 0 heterocycles. The number of rotatable bonds is 8. The number of halogens is 1. The van der Waals surface area contributed by atoms with E-state index in [-0.39, 0.29) is 18.5 Å². The number of aliphatic hydroxyl groups excluding tert-OH is 1. The highest BCUT2D eigenvalue weighted by atomic mass is 19.1. The number of hydrogen-bond acceptors (Lipinski definition) is 3. The lowest BCUT2D eigenvalue weighted by molar-refractivity contribution is 0.0537. The molecule has 3 nitrogen and oxygen atoms in total. The van der Waals surface area contributed by atoms with E-state index in [1.165, 1.54) is 6.07 Å². The van der Waals surface area contributed by atoms with Crippen molar-refractivity contribution in [2.75, 3.05) is 13.2 Å². The topological polar surface area (TPSA) is 32.7 Å². The van der Waals surface area contributed by atoms with Crippen molar-refractivity contribution in [2.24, 2.45) is 0 Å². The summed E-state index contributed by atoms with van der Waals surface area (Å²) in [4.78, 5) is 2.05. The Morgan fingerprint density at radius 3 is 2.42 bits per heavy atom. The van der Waals surface area contributed by atoms with Gasteiger partial charge in [-0.2, -0.15) is 0 Å². The second-order valence-electron chi connectivity index (χ2n) is 6.34. The molecule has 0 radical (unpaired) electrons. The first-order valence-electron chi connectivity index (χ1n) is 8.31. The molecule has 0 saturated heterocycles. The molecular weight excluding hydrogens is 305 g/mol. The van der Waals surface area contributed by atoms with E-state index < -0.39 is 6.10 Å². The van der Waals surface area contributed by atoms with Crippen molar-refractivity contribution in [2.45, 2.75) is 39.5 Å². The average molecular weight is 331 g/mol. The first kappa shape index (κ1) is 18.4. The van der Waals surface area contributed by atoms with Crippen LogP contribution in [0, 0.1) is 12.7 Å². The Labute approximate surface area is 143 Å². The Balaban J connectivity index is 1.92. The highest BCUT2D eigenvalue weighted by Gasteiger charge is 2.17. The molecule has 0 aliphatic rings. The molecule has 2 aromatic carbocycles. The molecule has 0 amide bonds. The SMILES string of the molecule is Cc1ccccc1OC[C@H](O)CN(Cc1ccccc1F)C(C)C. The lowest BCUT2D eigenvalue weighted by atomic mass is 10.1. The van der Waals surface area contributed by atoms with Crippen molar-refractivity contribution >= 4 is 0 Å². The van der Waals surface area contributed by atoms with Gasteiger partial charge >= 0.3 is 0 Å². The first-order chi connectivity index (χ1) is 11.5. The molecule has 130 valence electrons. The summed E-state index contributed by atoms with van der Waals surface area (Å²) in [6.07, 6.45) is -0.640. The lowest BCUT2D eigenvalue weighted by Gasteiger charge is -2.29. The zero-order valence-electron chi connectivity index (χ0n) is 14.6. The van der Waals surface area contributed by atoms with Crippen LogP contribution in [0.3, 0.4) is 0 Å². The van der Waals surface area contributed by atoms with Crippen LogP contribution in [0.1, 0.15) is 25.0 Å². The third-order valence-electron chi connectivity index (χ3n) is 4.03. The predicted octanol–water partition coefficient (Wildman–Crippen LogP) is 3.78. The Morgan fingerprint density at radius 1 is 1.08 bits per heavy atom. The molecule has 2 rings (SSSR count). The summed E-state index contributed by atoms with van der Waals surface area (Å²) in [5, 5.41) is 10.3. The summed E-state index contributed by atoms with van der Waals surface area (Å²) in [6, 6.07) is 14.7. The number of para-hydroxylation sites is 1. The van der Waals surface area contributed by atoms with Gasteiger partial charge in [-0.05, 0) is 38.5 Å². The predicted molar refractivity (Wildman–Crippen MR) is 94.6 cm³/mol. The fourth-order valence-electron chi connectivity index (χ4n) is 2.53. The first-order valence-corrected chi connectivity index (χ1v) is 8.31. The Morgan fingerprint density at radius 2 is 1.75 bits per heavy atom. The maximum absolute atomic E-state index is 13.9. The largest absolute Gasteiger partial charge is 0.491 e. The maximum atomic E-state index is 13.9. The van der Waals surface area contributed by atoms with E-state index in [1.54, 1.807) is 12.1 Å². The van der Waals surface area contributed by atoms with Gasteiger partial charge in [-0.25, -0.2) is 4.39 Å². The quantitative estimate of drug-likeness (QED) is 0.799. The number of aliphatic hydroxyl groups is 1. The van der Waals surface area contributed by atoms with E-state index in [1.807, 2.05) is 56.0 Å². The van der Waals surface area contributed by atoms with Gasteiger partial charge < -0.3 is 9.84 Å². The summed E-state index contributed by atoms with van der Waals surface area (Å²) in [7, 11) is 0. The average Bonchev–Trinajstić information content (AvgIpc) is 2.55. The smallest absolute Gasteiger partial charge is 0.127 e. The summed E-state index contributed by atoms with van der Waals surface area (Å²) in [5.41, 5.74) is 1.68. The third-order valence-corrected chi connectivity index (χ3v) is 4.03. The number of aryl methyl sites for hydroxylation is 1. The number of benzene rings is 2. The van der Waals surface area contributed by atoms with Gasteiger partial charge in [0.25, 0.3) is 0 Å². The van der Waals surface area contributed by atoms with Crippen LogP contribution in [-0.4, -0.2) is 35.3 Å². The fraction of sp³-hybridized carbons (Fsp3) is 0.400. The normalized spacial score (nSPS) is 12.6. The summed E-state index contributed by atoms with van der Waals surface area (Å²) >= 11 is 0. The van der Waals surface area contributed by atoms with E-state index >= 15 is 0 Å². The second-order valence-corrected chi connectivity index (χ2v) is 6.34. The molecular formula is C20H26FNO2. The Kier molecular flexibility index (Phi) is 6.76. The maximum Gasteiger partial charge on any atom is 0.127 e. The minimum atomic E-state index is -0.640. The minimum absolute atomic E-state index is 0.192. The van der Waals surface area contributed by atoms with Crippen LogP contribution in [0.4, 0.5) is 4.39 Å². The van der Waals surface area contributed by atoms with Gasteiger partial charge in [-0.15, -0.1) is 0 Å². The van der Waals surface area contributed by atoms with Gasteiger partial charge in [-0.1, -0.05) is 36.4 Å². The van der Waals surface area contributed by atoms with E-state index in [0.717, 1.165) is 11.3 Å². The summed E-state index contributed by atoms with van der Waals surface area (Å²) in [5.74, 6) is 0.565. The molecule has 2 aromatic rings. The zero-order valence-corrected chi connectivity index (χ0v) is 14.6. The molecule has 1 atom stereocenters. The van der Waals surface area contributed by atoms with Crippen molar-refractivity contribution < 1.29 is 14.2 Å². The van der Waals surface area contributed by atoms with E-state index in [0.29, 0.717) is 18.7 Å². The lowest BCUT2D eigenvalue weighted by Crippen LogP contribution is -2.39. The Hall–Kier alpha value is -1.91. The number of hydrogen-bond donors (Lipinski definition) is 1. The number of nitrogens with zero attached hydrogens (tertiary/aromatic N) is 1. The van der Waals surface area contributed by atoms with E-state index in [9.17, 15) is 9.50 Å². The van der Waals surface area contributed by atoms with Gasteiger partial charge in [0.1, 0.15) is 24.3 Å². The van der Waals surface area contributed by atoms with Crippen LogP contribution in [0.15, 0.2) is 48.5 Å². The molecule has 4 heteroatoms. The van der Waals surface area contributed by atoms with Gasteiger partial charge in [0, 0.05) is 24.7 Å². The highest BCUT2D eigenvalue weighted by Crippen LogP contribution is 2.17. The molecule has 0 aromatic heterocycles.